The normalized spacial score (nSPS) is 11.6. The van der Waals surface area contributed by atoms with Crippen molar-refractivity contribution < 1.29 is 25.8 Å². The molecule has 7 heteroatoms. The maximum Gasteiger partial charge on any atom is 2.00 e. The molecule has 0 aliphatic rings. The van der Waals surface area contributed by atoms with Crippen molar-refractivity contribution in [3.63, 3.8) is 0 Å². The standard InChI is InChI=1S/C41H23N5O.Pt/c1-3-7-26(8-4-1)33-23-35-31-14-12-29(22-37(31)40-43-17-19-45(40)38(35)24-34(33)27-9-5-2-6-10-27)47-28-11-13-30-32-15-16-42-25-39(32)46-20-18-44-41(46)36(30)21-28;/h1-20,23-25H;/q-2;+2. The van der Waals surface area contributed by atoms with Crippen LogP contribution in [-0.2, 0) is 21.1 Å². The minimum Gasteiger partial charge on any atom is -0.497 e. The number of imidazole rings is 2. The summed E-state index contributed by atoms with van der Waals surface area (Å²) in [6, 6.07) is 42.9. The van der Waals surface area contributed by atoms with Crippen LogP contribution < -0.4 is 4.74 Å². The van der Waals surface area contributed by atoms with Gasteiger partial charge in [-0.25, -0.2) is 0 Å². The van der Waals surface area contributed by atoms with E-state index >= 15 is 0 Å². The van der Waals surface area contributed by atoms with E-state index in [1.54, 1.807) is 6.20 Å². The minimum atomic E-state index is 0. The van der Waals surface area contributed by atoms with Gasteiger partial charge in [-0.15, -0.1) is 12.1 Å². The van der Waals surface area contributed by atoms with E-state index < -0.39 is 0 Å². The molecular weight excluding hydrogens is 774 g/mol. The molecule has 5 aromatic carbocycles. The molecule has 0 atom stereocenters. The fourth-order valence-corrected chi connectivity index (χ4v) is 6.88. The first-order valence-corrected chi connectivity index (χ1v) is 15.4. The molecule has 0 aliphatic carbocycles. The van der Waals surface area contributed by atoms with Gasteiger partial charge in [0.1, 0.15) is 0 Å². The number of nitrogens with zero attached hydrogens (tertiary/aromatic N) is 5. The Hall–Kier alpha value is -5.84. The molecule has 0 saturated carbocycles. The monoisotopic (exact) mass is 796 g/mol. The van der Waals surface area contributed by atoms with E-state index in [-0.39, 0.29) is 21.1 Å². The molecule has 0 bridgehead atoms. The quantitative estimate of drug-likeness (QED) is 0.132. The minimum absolute atomic E-state index is 0. The first-order valence-electron chi connectivity index (χ1n) is 15.4. The van der Waals surface area contributed by atoms with E-state index in [2.05, 4.69) is 111 Å². The first-order chi connectivity index (χ1) is 23.3. The van der Waals surface area contributed by atoms with Crippen LogP contribution in [0.4, 0.5) is 0 Å². The molecule has 0 saturated heterocycles. The first kappa shape index (κ1) is 28.4. The number of pyridine rings is 3. The van der Waals surface area contributed by atoms with Crippen LogP contribution in [0.2, 0.25) is 0 Å². The van der Waals surface area contributed by atoms with Crippen LogP contribution in [0.1, 0.15) is 0 Å². The predicted molar refractivity (Wildman–Crippen MR) is 187 cm³/mol. The molecular formula is C41H23N5OPt. The topological polar surface area (TPSA) is 56.7 Å². The van der Waals surface area contributed by atoms with Crippen molar-refractivity contribution >= 4 is 54.6 Å². The van der Waals surface area contributed by atoms with Crippen LogP contribution in [0.5, 0.6) is 11.5 Å². The van der Waals surface area contributed by atoms with Gasteiger partial charge in [0.15, 0.2) is 0 Å². The molecule has 0 spiro atoms. The summed E-state index contributed by atoms with van der Waals surface area (Å²) in [5.41, 5.74) is 8.39. The SMILES string of the molecule is [Pt+2].[c-]1c(Oc2[c-]c3c(cc2)c2cc(-c4ccccc4)c(-c4ccccc4)cc2n2ccnc32)ccc2c1c1nccn1c1cnccc21. The Balaban J connectivity index is 0.00000314. The van der Waals surface area contributed by atoms with Gasteiger partial charge in [-0.2, -0.15) is 0 Å². The third-order valence-corrected chi connectivity index (χ3v) is 8.99. The summed E-state index contributed by atoms with van der Waals surface area (Å²) in [5, 5.41) is 6.08. The van der Waals surface area contributed by atoms with Gasteiger partial charge in [0.05, 0.1) is 16.8 Å². The molecule has 228 valence electrons. The molecule has 10 rings (SSSR count). The summed E-state index contributed by atoms with van der Waals surface area (Å²) >= 11 is 0. The van der Waals surface area contributed by atoms with Crippen LogP contribution in [0.15, 0.2) is 140 Å². The molecule has 48 heavy (non-hydrogen) atoms. The Kier molecular flexibility index (Phi) is 6.59. The molecule has 0 fully saturated rings. The van der Waals surface area contributed by atoms with Crippen LogP contribution in [-0.4, -0.2) is 23.8 Å². The molecule has 0 aliphatic heterocycles. The van der Waals surface area contributed by atoms with Gasteiger partial charge < -0.3 is 13.5 Å². The zero-order valence-electron chi connectivity index (χ0n) is 25.2. The largest absolute Gasteiger partial charge is 2.00 e. The van der Waals surface area contributed by atoms with Crippen molar-refractivity contribution in [3.05, 3.63) is 152 Å². The molecule has 0 unspecified atom stereocenters. The molecule has 6 nitrogen and oxygen atoms in total. The average Bonchev–Trinajstić information content (AvgIpc) is 3.84. The van der Waals surface area contributed by atoms with Gasteiger partial charge in [-0.3, -0.25) is 15.0 Å². The number of rotatable bonds is 4. The van der Waals surface area contributed by atoms with E-state index in [0.29, 0.717) is 11.5 Å². The van der Waals surface area contributed by atoms with Crippen LogP contribution in [0.25, 0.3) is 76.9 Å². The second kappa shape index (κ2) is 11.1. The molecule has 0 amide bonds. The fourth-order valence-electron chi connectivity index (χ4n) is 6.88. The van der Waals surface area contributed by atoms with E-state index in [4.69, 9.17) is 9.72 Å². The summed E-state index contributed by atoms with van der Waals surface area (Å²) in [7, 11) is 0. The molecule has 0 radical (unpaired) electrons. The van der Waals surface area contributed by atoms with Gasteiger partial charge >= 0.3 is 21.1 Å². The second-order valence-electron chi connectivity index (χ2n) is 11.6. The van der Waals surface area contributed by atoms with Gasteiger partial charge in [0.25, 0.3) is 0 Å². The van der Waals surface area contributed by atoms with E-state index in [9.17, 15) is 0 Å². The Morgan fingerprint density at radius 2 is 1.08 bits per heavy atom. The van der Waals surface area contributed by atoms with Crippen LogP contribution >= 0.6 is 0 Å². The third-order valence-electron chi connectivity index (χ3n) is 8.99. The van der Waals surface area contributed by atoms with Gasteiger partial charge in [0.2, 0.25) is 0 Å². The average molecular weight is 797 g/mol. The zero-order valence-corrected chi connectivity index (χ0v) is 27.5. The fraction of sp³-hybridized carbons (Fsp3) is 0. The number of ether oxygens (including phenoxy) is 1. The smallest absolute Gasteiger partial charge is 0.497 e. The van der Waals surface area contributed by atoms with E-state index in [1.165, 1.54) is 22.3 Å². The number of hydrogen-bond donors (Lipinski definition) is 0. The van der Waals surface area contributed by atoms with Crippen molar-refractivity contribution in [2.75, 3.05) is 0 Å². The van der Waals surface area contributed by atoms with E-state index in [0.717, 1.165) is 54.6 Å². The summed E-state index contributed by atoms with van der Waals surface area (Å²) in [6.07, 6.45) is 11.3. The summed E-state index contributed by atoms with van der Waals surface area (Å²) < 4.78 is 10.6. The van der Waals surface area contributed by atoms with Gasteiger partial charge in [0, 0.05) is 54.2 Å². The zero-order chi connectivity index (χ0) is 30.9. The Bertz CT molecular complexity index is 2830. The van der Waals surface area contributed by atoms with E-state index in [1.807, 2.05) is 53.6 Å². The summed E-state index contributed by atoms with van der Waals surface area (Å²) in [5.74, 6) is 1.18. The third kappa shape index (κ3) is 4.34. The van der Waals surface area contributed by atoms with Crippen molar-refractivity contribution in [3.8, 4) is 33.8 Å². The summed E-state index contributed by atoms with van der Waals surface area (Å²) in [4.78, 5) is 13.7. The Morgan fingerprint density at radius 3 is 1.71 bits per heavy atom. The molecule has 10 aromatic rings. The second-order valence-corrected chi connectivity index (χ2v) is 11.6. The molecule has 5 heterocycles. The Labute approximate surface area is 289 Å². The van der Waals surface area contributed by atoms with Gasteiger partial charge in [-0.05, 0) is 45.2 Å². The maximum absolute atomic E-state index is 6.44. The molecule has 5 aromatic heterocycles. The van der Waals surface area contributed by atoms with Crippen molar-refractivity contribution in [1.82, 2.24) is 23.8 Å². The Morgan fingerprint density at radius 1 is 0.521 bits per heavy atom. The van der Waals surface area contributed by atoms with Gasteiger partial charge in [-0.1, -0.05) is 113 Å². The van der Waals surface area contributed by atoms with Crippen molar-refractivity contribution in [1.29, 1.82) is 0 Å². The number of benzene rings is 5. The molecule has 0 N–H and O–H groups in total. The van der Waals surface area contributed by atoms with Crippen LogP contribution in [0.3, 0.4) is 0 Å². The number of aromatic nitrogens is 5. The van der Waals surface area contributed by atoms with Crippen LogP contribution in [0, 0.1) is 12.1 Å². The van der Waals surface area contributed by atoms with Crippen molar-refractivity contribution in [2.45, 2.75) is 0 Å². The number of fused-ring (bicyclic) bond motifs is 12. The summed E-state index contributed by atoms with van der Waals surface area (Å²) in [6.45, 7) is 0. The van der Waals surface area contributed by atoms with Crippen molar-refractivity contribution in [2.24, 2.45) is 0 Å². The maximum atomic E-state index is 6.44. The number of hydrogen-bond acceptors (Lipinski definition) is 4. The predicted octanol–water partition coefficient (Wildman–Crippen LogP) is 9.71.